The summed E-state index contributed by atoms with van der Waals surface area (Å²) in [5, 5.41) is 10.6. The van der Waals surface area contributed by atoms with Gasteiger partial charge in [-0.2, -0.15) is 5.26 Å². The molecule has 1 aromatic heterocycles. The summed E-state index contributed by atoms with van der Waals surface area (Å²) < 4.78 is 16.0. The minimum Gasteiger partial charge on any atom is -0.493 e. The van der Waals surface area contributed by atoms with E-state index in [4.69, 9.17) is 14.2 Å². The number of anilines is 1. The lowest BCUT2D eigenvalue weighted by atomic mass is 9.97. The van der Waals surface area contributed by atoms with Crippen molar-refractivity contribution < 1.29 is 19.0 Å². The summed E-state index contributed by atoms with van der Waals surface area (Å²) >= 11 is 1.40. The predicted octanol–water partition coefficient (Wildman–Crippen LogP) is 3.53. The molecule has 0 spiro atoms. The van der Waals surface area contributed by atoms with Crippen LogP contribution in [0.2, 0.25) is 0 Å². The van der Waals surface area contributed by atoms with Gasteiger partial charge in [0.25, 0.3) is 0 Å². The Hall–Kier alpha value is -2.99. The maximum Gasteiger partial charge on any atom is 0.310 e. The quantitative estimate of drug-likeness (QED) is 0.362. The molecule has 0 radical (unpaired) electrons. The number of thioether (sulfide) groups is 1. The number of aromatic nitrogens is 2. The van der Waals surface area contributed by atoms with Crippen molar-refractivity contribution in [2.24, 2.45) is 5.92 Å². The number of carbonyl (C=O) groups is 1. The average Bonchev–Trinajstić information content (AvgIpc) is 2.82. The number of rotatable bonds is 7. The number of piperidine rings is 1. The van der Waals surface area contributed by atoms with Crippen LogP contribution in [-0.2, 0) is 9.53 Å². The van der Waals surface area contributed by atoms with Crippen LogP contribution in [0.1, 0.15) is 25.3 Å². The standard InChI is InChI=1S/C22H26N4O4S/c1-5-30-21(27)15-7-6-10-26(13-15)20-16(12-23)19(24-22(25-20)31-4)14-8-9-17(28-2)18(11-14)29-3/h8-9,11,15H,5-7,10,13H2,1-4H3. The molecule has 0 amide bonds. The zero-order chi connectivity index (χ0) is 22.4. The highest BCUT2D eigenvalue weighted by molar-refractivity contribution is 7.98. The predicted molar refractivity (Wildman–Crippen MR) is 119 cm³/mol. The lowest BCUT2D eigenvalue weighted by molar-refractivity contribution is -0.148. The van der Waals surface area contributed by atoms with Gasteiger partial charge in [-0.05, 0) is 44.2 Å². The smallest absolute Gasteiger partial charge is 0.310 e. The monoisotopic (exact) mass is 442 g/mol. The zero-order valence-corrected chi connectivity index (χ0v) is 19.0. The van der Waals surface area contributed by atoms with E-state index in [9.17, 15) is 10.1 Å². The number of nitrogens with zero attached hydrogens (tertiary/aromatic N) is 4. The third-order valence-electron chi connectivity index (χ3n) is 5.16. The minimum absolute atomic E-state index is 0.204. The van der Waals surface area contributed by atoms with Crippen LogP contribution in [0.5, 0.6) is 11.5 Å². The van der Waals surface area contributed by atoms with E-state index in [0.717, 1.165) is 18.4 Å². The summed E-state index contributed by atoms with van der Waals surface area (Å²) in [6.07, 6.45) is 3.47. The molecule has 0 aliphatic carbocycles. The second kappa shape index (κ2) is 10.4. The van der Waals surface area contributed by atoms with Crippen molar-refractivity contribution in [2.45, 2.75) is 24.9 Å². The molecule has 0 N–H and O–H groups in total. The van der Waals surface area contributed by atoms with Crippen LogP contribution in [0.15, 0.2) is 23.4 Å². The fourth-order valence-corrected chi connectivity index (χ4v) is 4.03. The number of methoxy groups -OCH3 is 2. The van der Waals surface area contributed by atoms with Crippen molar-refractivity contribution in [1.82, 2.24) is 9.97 Å². The maximum atomic E-state index is 12.3. The number of carbonyl (C=O) groups excluding carboxylic acids is 1. The molecule has 1 aliphatic rings. The van der Waals surface area contributed by atoms with E-state index in [1.54, 1.807) is 33.3 Å². The molecule has 1 unspecified atom stereocenters. The van der Waals surface area contributed by atoms with Gasteiger partial charge in [-0.25, -0.2) is 9.97 Å². The summed E-state index contributed by atoms with van der Waals surface area (Å²) in [7, 11) is 3.14. The van der Waals surface area contributed by atoms with Crippen LogP contribution in [0.25, 0.3) is 11.3 Å². The molecule has 1 aromatic carbocycles. The molecule has 1 aliphatic heterocycles. The summed E-state index contributed by atoms with van der Waals surface area (Å²) in [5.74, 6) is 1.25. The number of hydrogen-bond donors (Lipinski definition) is 0. The van der Waals surface area contributed by atoms with Gasteiger partial charge in [0.15, 0.2) is 22.5 Å². The molecular weight excluding hydrogens is 416 g/mol. The van der Waals surface area contributed by atoms with E-state index in [-0.39, 0.29) is 11.9 Å². The first-order valence-electron chi connectivity index (χ1n) is 10.1. The number of esters is 1. The molecule has 164 valence electrons. The van der Waals surface area contributed by atoms with Crippen LogP contribution in [-0.4, -0.2) is 56.1 Å². The Morgan fingerprint density at radius 3 is 2.71 bits per heavy atom. The van der Waals surface area contributed by atoms with Gasteiger partial charge in [-0.3, -0.25) is 4.79 Å². The third-order valence-corrected chi connectivity index (χ3v) is 5.71. The number of hydrogen-bond acceptors (Lipinski definition) is 9. The van der Waals surface area contributed by atoms with Crippen LogP contribution in [0, 0.1) is 17.2 Å². The van der Waals surface area contributed by atoms with Gasteiger partial charge in [-0.1, -0.05) is 11.8 Å². The van der Waals surface area contributed by atoms with E-state index < -0.39 is 0 Å². The van der Waals surface area contributed by atoms with Gasteiger partial charge in [0.1, 0.15) is 11.6 Å². The summed E-state index contributed by atoms with van der Waals surface area (Å²) in [6, 6.07) is 7.71. The molecule has 0 saturated carbocycles. The zero-order valence-electron chi connectivity index (χ0n) is 18.2. The van der Waals surface area contributed by atoms with E-state index in [2.05, 4.69) is 16.0 Å². The number of benzene rings is 1. The molecule has 1 saturated heterocycles. The minimum atomic E-state index is -0.238. The first kappa shape index (κ1) is 22.7. The Morgan fingerprint density at radius 2 is 2.06 bits per heavy atom. The molecule has 0 bridgehead atoms. The highest BCUT2D eigenvalue weighted by Gasteiger charge is 2.30. The normalized spacial score (nSPS) is 15.8. The highest BCUT2D eigenvalue weighted by Crippen LogP contribution is 2.36. The Morgan fingerprint density at radius 1 is 1.29 bits per heavy atom. The van der Waals surface area contributed by atoms with Crippen molar-refractivity contribution in [2.75, 3.05) is 45.1 Å². The first-order chi connectivity index (χ1) is 15.1. The van der Waals surface area contributed by atoms with Crippen molar-refractivity contribution in [3.63, 3.8) is 0 Å². The molecule has 9 heteroatoms. The summed E-state index contributed by atoms with van der Waals surface area (Å²) in [6.45, 7) is 3.33. The van der Waals surface area contributed by atoms with E-state index in [1.165, 1.54) is 11.8 Å². The average molecular weight is 443 g/mol. The van der Waals surface area contributed by atoms with Gasteiger partial charge < -0.3 is 19.1 Å². The molecule has 2 heterocycles. The van der Waals surface area contributed by atoms with Crippen molar-refractivity contribution in [3.8, 4) is 28.8 Å². The SMILES string of the molecule is CCOC(=O)C1CCCN(c2nc(SC)nc(-c3ccc(OC)c(OC)c3)c2C#N)C1. The second-order valence-corrected chi connectivity index (χ2v) is 7.75. The molecule has 2 aromatic rings. The van der Waals surface area contributed by atoms with Gasteiger partial charge in [0.05, 0.1) is 32.4 Å². The van der Waals surface area contributed by atoms with Crippen LogP contribution >= 0.6 is 11.8 Å². The number of ether oxygens (including phenoxy) is 3. The van der Waals surface area contributed by atoms with Crippen molar-refractivity contribution in [3.05, 3.63) is 23.8 Å². The summed E-state index contributed by atoms with van der Waals surface area (Å²) in [4.78, 5) is 23.5. The molecular formula is C22H26N4O4S. The van der Waals surface area contributed by atoms with Gasteiger partial charge >= 0.3 is 5.97 Å². The summed E-state index contributed by atoms with van der Waals surface area (Å²) in [5.41, 5.74) is 1.62. The number of nitriles is 1. The van der Waals surface area contributed by atoms with Gasteiger partial charge in [-0.15, -0.1) is 0 Å². The third kappa shape index (κ3) is 4.85. The maximum absolute atomic E-state index is 12.3. The fourth-order valence-electron chi connectivity index (χ4n) is 3.67. The van der Waals surface area contributed by atoms with Crippen molar-refractivity contribution in [1.29, 1.82) is 5.26 Å². The van der Waals surface area contributed by atoms with Crippen molar-refractivity contribution >= 4 is 23.5 Å². The first-order valence-corrected chi connectivity index (χ1v) is 11.3. The largest absolute Gasteiger partial charge is 0.493 e. The molecule has 3 rings (SSSR count). The lowest BCUT2D eigenvalue weighted by Gasteiger charge is -2.33. The Bertz CT molecular complexity index is 992. The van der Waals surface area contributed by atoms with Gasteiger partial charge in [0, 0.05) is 18.7 Å². The lowest BCUT2D eigenvalue weighted by Crippen LogP contribution is -2.40. The molecule has 1 atom stereocenters. The topological polar surface area (TPSA) is 97.6 Å². The Kier molecular flexibility index (Phi) is 7.58. The van der Waals surface area contributed by atoms with E-state index in [0.29, 0.717) is 53.4 Å². The molecule has 31 heavy (non-hydrogen) atoms. The van der Waals surface area contributed by atoms with E-state index >= 15 is 0 Å². The van der Waals surface area contributed by atoms with Crippen LogP contribution in [0.4, 0.5) is 5.82 Å². The van der Waals surface area contributed by atoms with Crippen LogP contribution in [0.3, 0.4) is 0 Å². The highest BCUT2D eigenvalue weighted by atomic mass is 32.2. The molecule has 1 fully saturated rings. The second-order valence-electron chi connectivity index (χ2n) is 6.98. The Labute approximate surface area is 186 Å². The fraction of sp³-hybridized carbons (Fsp3) is 0.455. The van der Waals surface area contributed by atoms with E-state index in [1.807, 2.05) is 17.2 Å². The molecule has 8 nitrogen and oxygen atoms in total. The van der Waals surface area contributed by atoms with Gasteiger partial charge in [0.2, 0.25) is 0 Å². The van der Waals surface area contributed by atoms with Crippen LogP contribution < -0.4 is 14.4 Å². The Balaban J connectivity index is 2.07.